The van der Waals surface area contributed by atoms with Gasteiger partial charge in [-0.1, -0.05) is 24.3 Å². The van der Waals surface area contributed by atoms with Gasteiger partial charge in [0.05, 0.1) is 19.1 Å². The van der Waals surface area contributed by atoms with Gasteiger partial charge in [-0.25, -0.2) is 8.78 Å². The first-order chi connectivity index (χ1) is 11.0. The molecule has 1 unspecified atom stereocenters. The molecule has 1 saturated heterocycles. The standard InChI is InChI=1S/C16H18F2N4O/c17-16(18)8-14(20-11-16)15(23)19-9-12-3-1-4-13(7-12)10-22-6-2-5-21-22/h1-7,14,20H,8-11H2,(H,19,23). The molecule has 0 saturated carbocycles. The first kappa shape index (κ1) is 15.6. The number of rotatable bonds is 5. The Labute approximate surface area is 132 Å². The van der Waals surface area contributed by atoms with Gasteiger partial charge < -0.3 is 5.32 Å². The van der Waals surface area contributed by atoms with E-state index in [1.54, 1.807) is 6.20 Å². The van der Waals surface area contributed by atoms with E-state index in [2.05, 4.69) is 15.7 Å². The molecule has 1 amide bonds. The lowest BCUT2D eigenvalue weighted by atomic mass is 10.1. The topological polar surface area (TPSA) is 59.0 Å². The zero-order valence-corrected chi connectivity index (χ0v) is 12.5. The Morgan fingerprint density at radius 1 is 1.39 bits per heavy atom. The van der Waals surface area contributed by atoms with E-state index in [1.165, 1.54) is 0 Å². The number of aromatic nitrogens is 2. The number of benzene rings is 1. The molecule has 0 aliphatic carbocycles. The van der Waals surface area contributed by atoms with Crippen molar-refractivity contribution in [2.45, 2.75) is 31.5 Å². The second kappa shape index (κ2) is 6.45. The van der Waals surface area contributed by atoms with Crippen LogP contribution >= 0.6 is 0 Å². The summed E-state index contributed by atoms with van der Waals surface area (Å²) in [7, 11) is 0. The van der Waals surface area contributed by atoms with E-state index >= 15 is 0 Å². The molecular formula is C16H18F2N4O. The molecule has 3 rings (SSSR count). The van der Waals surface area contributed by atoms with Crippen molar-refractivity contribution in [1.29, 1.82) is 0 Å². The Kier molecular flexibility index (Phi) is 4.38. The minimum atomic E-state index is -2.80. The molecule has 5 nitrogen and oxygen atoms in total. The number of carbonyl (C=O) groups is 1. The van der Waals surface area contributed by atoms with Crippen molar-refractivity contribution in [3.8, 4) is 0 Å². The van der Waals surface area contributed by atoms with Crippen LogP contribution in [0.25, 0.3) is 0 Å². The summed E-state index contributed by atoms with van der Waals surface area (Å²) in [4.78, 5) is 11.9. The van der Waals surface area contributed by atoms with Gasteiger partial charge in [-0.2, -0.15) is 5.10 Å². The highest BCUT2D eigenvalue weighted by Gasteiger charge is 2.42. The molecular weight excluding hydrogens is 302 g/mol. The lowest BCUT2D eigenvalue weighted by Gasteiger charge is -2.12. The monoisotopic (exact) mass is 320 g/mol. The maximum Gasteiger partial charge on any atom is 0.262 e. The summed E-state index contributed by atoms with van der Waals surface area (Å²) < 4.78 is 28.0. The summed E-state index contributed by atoms with van der Waals surface area (Å²) in [6.07, 6.45) is 3.15. The van der Waals surface area contributed by atoms with Gasteiger partial charge in [-0.05, 0) is 17.2 Å². The number of hydrogen-bond acceptors (Lipinski definition) is 3. The first-order valence-corrected chi connectivity index (χ1v) is 7.46. The van der Waals surface area contributed by atoms with Gasteiger partial charge in [0.1, 0.15) is 0 Å². The summed E-state index contributed by atoms with van der Waals surface area (Å²) in [6.45, 7) is 0.519. The van der Waals surface area contributed by atoms with E-state index < -0.39 is 24.9 Å². The SMILES string of the molecule is O=C(NCc1cccc(Cn2cccn2)c1)C1CC(F)(F)CN1. The number of nitrogens with zero attached hydrogens (tertiary/aromatic N) is 2. The minimum Gasteiger partial charge on any atom is -0.351 e. The number of alkyl halides is 2. The fourth-order valence-corrected chi connectivity index (χ4v) is 2.63. The van der Waals surface area contributed by atoms with Crippen LogP contribution in [0.5, 0.6) is 0 Å². The summed E-state index contributed by atoms with van der Waals surface area (Å²) in [6, 6.07) is 8.78. The Hall–Kier alpha value is -2.28. The molecule has 122 valence electrons. The van der Waals surface area contributed by atoms with Gasteiger partial charge in [0.2, 0.25) is 5.91 Å². The predicted octanol–water partition coefficient (Wildman–Crippen LogP) is 1.54. The first-order valence-electron chi connectivity index (χ1n) is 7.46. The zero-order chi connectivity index (χ0) is 16.3. The molecule has 1 aliphatic heterocycles. The second-order valence-electron chi connectivity index (χ2n) is 5.73. The van der Waals surface area contributed by atoms with E-state index in [-0.39, 0.29) is 5.91 Å². The predicted molar refractivity (Wildman–Crippen MR) is 81.0 cm³/mol. The Morgan fingerprint density at radius 3 is 2.91 bits per heavy atom. The number of nitrogens with one attached hydrogen (secondary N) is 2. The van der Waals surface area contributed by atoms with Crippen LogP contribution in [0.1, 0.15) is 17.5 Å². The van der Waals surface area contributed by atoms with Crippen molar-refractivity contribution in [3.63, 3.8) is 0 Å². The van der Waals surface area contributed by atoms with Crippen LogP contribution in [-0.4, -0.2) is 34.2 Å². The highest BCUT2D eigenvalue weighted by Crippen LogP contribution is 2.25. The number of amides is 1. The smallest absolute Gasteiger partial charge is 0.262 e. The maximum atomic E-state index is 13.1. The molecule has 0 bridgehead atoms. The average Bonchev–Trinajstić information content (AvgIpc) is 3.14. The molecule has 0 spiro atoms. The Morgan fingerprint density at radius 2 is 2.22 bits per heavy atom. The number of halogens is 2. The molecule has 1 atom stereocenters. The molecule has 2 aromatic rings. The van der Waals surface area contributed by atoms with Crippen molar-refractivity contribution in [2.75, 3.05) is 6.54 Å². The largest absolute Gasteiger partial charge is 0.351 e. The van der Waals surface area contributed by atoms with Gasteiger partial charge in [-0.3, -0.25) is 14.8 Å². The van der Waals surface area contributed by atoms with Crippen LogP contribution in [0.4, 0.5) is 8.78 Å². The molecule has 1 fully saturated rings. The van der Waals surface area contributed by atoms with Gasteiger partial charge in [-0.15, -0.1) is 0 Å². The van der Waals surface area contributed by atoms with Crippen molar-refractivity contribution in [1.82, 2.24) is 20.4 Å². The summed E-state index contributed by atoms with van der Waals surface area (Å²) in [5, 5.41) is 9.41. The highest BCUT2D eigenvalue weighted by atomic mass is 19.3. The van der Waals surface area contributed by atoms with Crippen molar-refractivity contribution in [3.05, 3.63) is 53.9 Å². The van der Waals surface area contributed by atoms with Gasteiger partial charge in [0.15, 0.2) is 0 Å². The zero-order valence-electron chi connectivity index (χ0n) is 12.5. The summed E-state index contributed by atoms with van der Waals surface area (Å²) >= 11 is 0. The Balaban J connectivity index is 1.55. The molecule has 7 heteroatoms. The van der Waals surface area contributed by atoms with Crippen LogP contribution in [0.3, 0.4) is 0 Å². The van der Waals surface area contributed by atoms with Crippen LogP contribution in [0.2, 0.25) is 0 Å². The van der Waals surface area contributed by atoms with E-state index in [9.17, 15) is 13.6 Å². The molecule has 1 aromatic carbocycles. The van der Waals surface area contributed by atoms with Gasteiger partial charge in [0.25, 0.3) is 5.92 Å². The lowest BCUT2D eigenvalue weighted by molar-refractivity contribution is -0.123. The molecule has 1 aliphatic rings. The molecule has 23 heavy (non-hydrogen) atoms. The average molecular weight is 320 g/mol. The second-order valence-corrected chi connectivity index (χ2v) is 5.73. The van der Waals surface area contributed by atoms with Crippen LogP contribution in [0.15, 0.2) is 42.7 Å². The van der Waals surface area contributed by atoms with Crippen LogP contribution in [0, 0.1) is 0 Å². The fourth-order valence-electron chi connectivity index (χ4n) is 2.63. The lowest BCUT2D eigenvalue weighted by Crippen LogP contribution is -2.40. The minimum absolute atomic E-state index is 0.315. The van der Waals surface area contributed by atoms with Gasteiger partial charge >= 0.3 is 0 Å². The van der Waals surface area contributed by atoms with E-state index in [1.807, 2.05) is 41.2 Å². The number of carbonyl (C=O) groups excluding carboxylic acids is 1. The van der Waals surface area contributed by atoms with Crippen molar-refractivity contribution in [2.24, 2.45) is 0 Å². The van der Waals surface area contributed by atoms with Crippen LogP contribution in [-0.2, 0) is 17.9 Å². The molecule has 2 N–H and O–H groups in total. The molecule has 1 aromatic heterocycles. The fraction of sp³-hybridized carbons (Fsp3) is 0.375. The van der Waals surface area contributed by atoms with Crippen molar-refractivity contribution >= 4 is 5.91 Å². The van der Waals surface area contributed by atoms with E-state index in [0.29, 0.717) is 13.1 Å². The third-order valence-electron chi connectivity index (χ3n) is 3.79. The third-order valence-corrected chi connectivity index (χ3v) is 3.79. The summed E-state index contributed by atoms with van der Waals surface area (Å²) in [5.74, 6) is -3.19. The molecule has 0 radical (unpaired) electrons. The van der Waals surface area contributed by atoms with E-state index in [0.717, 1.165) is 11.1 Å². The van der Waals surface area contributed by atoms with Crippen LogP contribution < -0.4 is 10.6 Å². The normalized spacial score (nSPS) is 19.7. The van der Waals surface area contributed by atoms with Gasteiger partial charge in [0, 0.05) is 25.4 Å². The number of hydrogen-bond donors (Lipinski definition) is 2. The third kappa shape index (κ3) is 4.13. The maximum absolute atomic E-state index is 13.1. The summed E-state index contributed by atoms with van der Waals surface area (Å²) in [5.41, 5.74) is 1.98. The quantitative estimate of drug-likeness (QED) is 0.879. The Bertz CT molecular complexity index is 672. The highest BCUT2D eigenvalue weighted by molar-refractivity contribution is 5.82. The molecule has 2 heterocycles. The van der Waals surface area contributed by atoms with Crippen molar-refractivity contribution < 1.29 is 13.6 Å². The van der Waals surface area contributed by atoms with E-state index in [4.69, 9.17) is 0 Å².